The number of hydrogen-bond acceptors (Lipinski definition) is 6. The molecule has 2 rings (SSSR count). The molecule has 0 radical (unpaired) electrons. The Morgan fingerprint density at radius 2 is 1.94 bits per heavy atom. The van der Waals surface area contributed by atoms with Crippen molar-refractivity contribution >= 4 is 11.9 Å². The summed E-state index contributed by atoms with van der Waals surface area (Å²) in [4.78, 5) is 23.2. The maximum atomic E-state index is 11.7. The zero-order valence-corrected chi connectivity index (χ0v) is 9.68. The molecular weight excluding hydrogens is 228 g/mol. The van der Waals surface area contributed by atoms with Crippen LogP contribution in [0.3, 0.4) is 0 Å². The van der Waals surface area contributed by atoms with Crippen molar-refractivity contribution in [3.8, 4) is 0 Å². The minimum Gasteiger partial charge on any atom is -0.466 e. The molecule has 0 aromatic heterocycles. The number of carbonyl (C=O) groups is 2. The van der Waals surface area contributed by atoms with Crippen LogP contribution in [0, 0.1) is 5.92 Å². The number of esters is 2. The molecule has 0 spiro atoms. The molecule has 2 aliphatic rings. The smallest absolute Gasteiger partial charge is 0.374 e. The monoisotopic (exact) mass is 240 g/mol. The summed E-state index contributed by atoms with van der Waals surface area (Å²) in [6.07, 6.45) is 3.07. The minimum absolute atomic E-state index is 0.121. The zero-order valence-electron chi connectivity index (χ0n) is 9.68. The largest absolute Gasteiger partial charge is 0.466 e. The SMILES string of the molecule is COC(=O)C1=C(C(=O)OC)C2C=COC2(C)O1. The van der Waals surface area contributed by atoms with E-state index in [1.54, 1.807) is 13.0 Å². The molecule has 6 heteroatoms. The van der Waals surface area contributed by atoms with Crippen molar-refractivity contribution in [3.05, 3.63) is 23.7 Å². The Kier molecular flexibility index (Phi) is 2.57. The lowest BCUT2D eigenvalue weighted by Crippen LogP contribution is -2.31. The average Bonchev–Trinajstić information content (AvgIpc) is 2.80. The molecule has 0 saturated heterocycles. The second-order valence-corrected chi connectivity index (χ2v) is 3.77. The number of hydrogen-bond donors (Lipinski definition) is 0. The molecule has 0 amide bonds. The Hall–Kier alpha value is -1.98. The van der Waals surface area contributed by atoms with Gasteiger partial charge in [0.2, 0.25) is 5.76 Å². The van der Waals surface area contributed by atoms with Crippen molar-refractivity contribution in [1.82, 2.24) is 0 Å². The summed E-state index contributed by atoms with van der Waals surface area (Å²) < 4.78 is 19.8. The summed E-state index contributed by atoms with van der Waals surface area (Å²) in [5, 5.41) is 0. The fourth-order valence-corrected chi connectivity index (χ4v) is 1.92. The Labute approximate surface area is 97.8 Å². The molecule has 92 valence electrons. The number of rotatable bonds is 2. The van der Waals surface area contributed by atoms with E-state index in [2.05, 4.69) is 9.47 Å². The molecule has 17 heavy (non-hydrogen) atoms. The van der Waals surface area contributed by atoms with Crippen LogP contribution in [0.25, 0.3) is 0 Å². The quantitative estimate of drug-likeness (QED) is 0.654. The van der Waals surface area contributed by atoms with Crippen molar-refractivity contribution in [1.29, 1.82) is 0 Å². The van der Waals surface area contributed by atoms with Gasteiger partial charge in [-0.2, -0.15) is 0 Å². The fraction of sp³-hybridized carbons (Fsp3) is 0.455. The predicted octanol–water partition coefficient (Wildman–Crippen LogP) is 0.493. The van der Waals surface area contributed by atoms with E-state index in [4.69, 9.17) is 9.47 Å². The van der Waals surface area contributed by atoms with E-state index in [0.717, 1.165) is 0 Å². The Morgan fingerprint density at radius 3 is 2.53 bits per heavy atom. The Morgan fingerprint density at radius 1 is 1.29 bits per heavy atom. The van der Waals surface area contributed by atoms with Crippen LogP contribution in [-0.4, -0.2) is 31.9 Å². The maximum absolute atomic E-state index is 11.7. The van der Waals surface area contributed by atoms with E-state index in [1.807, 2.05) is 0 Å². The third-order valence-electron chi connectivity index (χ3n) is 2.77. The molecule has 0 saturated carbocycles. The van der Waals surface area contributed by atoms with Gasteiger partial charge in [0.15, 0.2) is 0 Å². The molecule has 2 aliphatic heterocycles. The van der Waals surface area contributed by atoms with Crippen LogP contribution in [0.4, 0.5) is 0 Å². The lowest BCUT2D eigenvalue weighted by molar-refractivity contribution is -0.171. The van der Waals surface area contributed by atoms with E-state index in [1.165, 1.54) is 20.5 Å². The van der Waals surface area contributed by atoms with Gasteiger partial charge in [-0.25, -0.2) is 9.59 Å². The molecule has 2 unspecified atom stereocenters. The Balaban J connectivity index is 2.46. The van der Waals surface area contributed by atoms with Gasteiger partial charge in [-0.15, -0.1) is 0 Å². The van der Waals surface area contributed by atoms with Gasteiger partial charge in [0, 0.05) is 6.92 Å². The van der Waals surface area contributed by atoms with E-state index >= 15 is 0 Å². The van der Waals surface area contributed by atoms with Crippen LogP contribution in [0.5, 0.6) is 0 Å². The highest BCUT2D eigenvalue weighted by atomic mass is 16.7. The summed E-state index contributed by atoms with van der Waals surface area (Å²) >= 11 is 0. The van der Waals surface area contributed by atoms with Crippen molar-refractivity contribution in [3.63, 3.8) is 0 Å². The van der Waals surface area contributed by atoms with Crippen LogP contribution >= 0.6 is 0 Å². The number of ether oxygens (including phenoxy) is 4. The van der Waals surface area contributed by atoms with Gasteiger partial charge in [0.1, 0.15) is 5.57 Å². The topological polar surface area (TPSA) is 71.1 Å². The van der Waals surface area contributed by atoms with Gasteiger partial charge < -0.3 is 18.9 Å². The third kappa shape index (κ3) is 1.56. The van der Waals surface area contributed by atoms with Crippen molar-refractivity contribution in [2.45, 2.75) is 12.7 Å². The average molecular weight is 240 g/mol. The van der Waals surface area contributed by atoms with Crippen LogP contribution < -0.4 is 0 Å². The molecule has 6 nitrogen and oxygen atoms in total. The summed E-state index contributed by atoms with van der Waals surface area (Å²) in [5.74, 6) is -3.06. The second-order valence-electron chi connectivity index (χ2n) is 3.77. The summed E-state index contributed by atoms with van der Waals surface area (Å²) in [7, 11) is 2.44. The van der Waals surface area contributed by atoms with Gasteiger partial charge in [0.05, 0.1) is 26.4 Å². The lowest BCUT2D eigenvalue weighted by Gasteiger charge is -2.23. The van der Waals surface area contributed by atoms with Crippen LogP contribution in [0.2, 0.25) is 0 Å². The Bertz CT molecular complexity index is 435. The molecule has 0 bridgehead atoms. The molecule has 0 aromatic rings. The highest BCUT2D eigenvalue weighted by Gasteiger charge is 2.54. The number of fused-ring (bicyclic) bond motifs is 1. The van der Waals surface area contributed by atoms with Gasteiger partial charge in [-0.1, -0.05) is 0 Å². The second kappa shape index (κ2) is 3.80. The molecular formula is C11H12O6. The van der Waals surface area contributed by atoms with E-state index in [-0.39, 0.29) is 11.3 Å². The van der Waals surface area contributed by atoms with Crippen molar-refractivity contribution < 1.29 is 28.5 Å². The maximum Gasteiger partial charge on any atom is 0.374 e. The minimum atomic E-state index is -1.08. The van der Waals surface area contributed by atoms with E-state index in [9.17, 15) is 9.59 Å². The first kappa shape index (κ1) is 11.5. The van der Waals surface area contributed by atoms with Gasteiger partial charge in [-0.05, 0) is 6.08 Å². The molecule has 2 atom stereocenters. The normalized spacial score (nSPS) is 29.5. The first-order valence-corrected chi connectivity index (χ1v) is 4.98. The highest BCUT2D eigenvalue weighted by Crippen LogP contribution is 2.45. The first-order valence-electron chi connectivity index (χ1n) is 4.98. The van der Waals surface area contributed by atoms with Crippen molar-refractivity contribution in [2.24, 2.45) is 5.92 Å². The standard InChI is InChI=1S/C11H12O6/c1-11-6(4-5-16-11)7(9(12)14-2)8(17-11)10(13)15-3/h4-6H,1-3H3. The van der Waals surface area contributed by atoms with Gasteiger partial charge in [-0.3, -0.25) is 0 Å². The molecule has 0 N–H and O–H groups in total. The summed E-state index contributed by atoms with van der Waals surface area (Å²) in [5.41, 5.74) is 0.121. The van der Waals surface area contributed by atoms with Crippen molar-refractivity contribution in [2.75, 3.05) is 14.2 Å². The molecule has 0 aliphatic carbocycles. The zero-order chi connectivity index (χ0) is 12.6. The molecule has 0 aromatic carbocycles. The van der Waals surface area contributed by atoms with Crippen LogP contribution in [-0.2, 0) is 28.5 Å². The van der Waals surface area contributed by atoms with E-state index < -0.39 is 23.6 Å². The lowest BCUT2D eigenvalue weighted by atomic mass is 9.94. The number of carbonyl (C=O) groups excluding carboxylic acids is 2. The summed E-state index contributed by atoms with van der Waals surface area (Å²) in [6.45, 7) is 1.64. The number of methoxy groups -OCH3 is 2. The fourth-order valence-electron chi connectivity index (χ4n) is 1.92. The molecule has 2 heterocycles. The molecule has 0 fully saturated rings. The summed E-state index contributed by atoms with van der Waals surface area (Å²) in [6, 6.07) is 0. The van der Waals surface area contributed by atoms with Crippen LogP contribution in [0.1, 0.15) is 6.92 Å². The van der Waals surface area contributed by atoms with Crippen LogP contribution in [0.15, 0.2) is 23.7 Å². The third-order valence-corrected chi connectivity index (χ3v) is 2.77. The van der Waals surface area contributed by atoms with Gasteiger partial charge in [0.25, 0.3) is 5.79 Å². The predicted molar refractivity (Wildman–Crippen MR) is 54.3 cm³/mol. The van der Waals surface area contributed by atoms with Gasteiger partial charge >= 0.3 is 11.9 Å². The highest BCUT2D eigenvalue weighted by molar-refractivity contribution is 6.00. The first-order chi connectivity index (χ1) is 8.03. The van der Waals surface area contributed by atoms with E-state index in [0.29, 0.717) is 0 Å².